The van der Waals surface area contributed by atoms with Crippen molar-refractivity contribution in [1.29, 1.82) is 0 Å². The maximum atomic E-state index is 13.5. The molecule has 18 heavy (non-hydrogen) atoms. The van der Waals surface area contributed by atoms with Crippen LogP contribution in [0.3, 0.4) is 0 Å². The third-order valence-corrected chi connectivity index (χ3v) is 3.61. The van der Waals surface area contributed by atoms with Crippen LogP contribution in [0.1, 0.15) is 47.6 Å². The van der Waals surface area contributed by atoms with E-state index in [1.165, 1.54) is 6.07 Å². The Balaban J connectivity index is 2.38. The number of rotatable bonds is 3. The van der Waals surface area contributed by atoms with Crippen molar-refractivity contribution in [3.8, 4) is 5.75 Å². The van der Waals surface area contributed by atoms with Crippen LogP contribution in [0.15, 0.2) is 12.1 Å². The molecule has 1 aromatic carbocycles. The Kier molecular flexibility index (Phi) is 3.52. The van der Waals surface area contributed by atoms with Gasteiger partial charge in [-0.05, 0) is 30.9 Å². The molecule has 5 heteroatoms. The first-order valence-electron chi connectivity index (χ1n) is 6.02. The molecule has 0 radical (unpaired) electrons. The van der Waals surface area contributed by atoms with Crippen molar-refractivity contribution in [1.82, 2.24) is 0 Å². The zero-order valence-electron chi connectivity index (χ0n) is 9.90. The maximum absolute atomic E-state index is 13.5. The zero-order chi connectivity index (χ0) is 13.3. The Morgan fingerprint density at radius 3 is 2.56 bits per heavy atom. The van der Waals surface area contributed by atoms with Crippen molar-refractivity contribution in [2.45, 2.75) is 31.7 Å². The van der Waals surface area contributed by atoms with Crippen LogP contribution < -0.4 is 5.73 Å². The largest absolute Gasteiger partial charge is 0.505 e. The van der Waals surface area contributed by atoms with Crippen LogP contribution in [0.25, 0.3) is 0 Å². The van der Waals surface area contributed by atoms with Gasteiger partial charge in [0.05, 0.1) is 5.56 Å². The summed E-state index contributed by atoms with van der Waals surface area (Å²) in [4.78, 5) is 10.9. The highest BCUT2D eigenvalue weighted by atomic mass is 19.1. The molecule has 1 fully saturated rings. The molecule has 0 spiro atoms. The molecule has 1 aromatic rings. The summed E-state index contributed by atoms with van der Waals surface area (Å²) in [6, 6.07) is 1.56. The number of aromatic carboxylic acids is 1. The van der Waals surface area contributed by atoms with Crippen molar-refractivity contribution in [2.24, 2.45) is 11.7 Å². The highest BCUT2D eigenvalue weighted by Gasteiger charge is 2.27. The van der Waals surface area contributed by atoms with E-state index in [1.807, 2.05) is 0 Å². The molecular formula is C13H16FNO3. The first-order valence-corrected chi connectivity index (χ1v) is 6.02. The highest BCUT2D eigenvalue weighted by Crippen LogP contribution is 2.38. The van der Waals surface area contributed by atoms with Gasteiger partial charge in [0.2, 0.25) is 0 Å². The van der Waals surface area contributed by atoms with E-state index in [1.54, 1.807) is 0 Å². The van der Waals surface area contributed by atoms with E-state index in [9.17, 15) is 14.3 Å². The molecule has 0 aromatic heterocycles. The third-order valence-electron chi connectivity index (χ3n) is 3.61. The normalized spacial score (nSPS) is 17.9. The molecule has 2 rings (SSSR count). The van der Waals surface area contributed by atoms with E-state index in [0.717, 1.165) is 31.7 Å². The number of hydrogen-bond donors (Lipinski definition) is 3. The number of carboxylic acid groups (broad SMARTS) is 1. The standard InChI is InChI=1S/C13H16FNO3/c14-10-6-8(13(17)18)5-9(12(10)16)11(15)7-3-1-2-4-7/h5-7,11,16H,1-4,15H2,(H,17,18)/t11-/m1/s1. The molecule has 1 aliphatic rings. The summed E-state index contributed by atoms with van der Waals surface area (Å²) in [5, 5.41) is 18.6. The Hall–Kier alpha value is -1.62. The Morgan fingerprint density at radius 1 is 1.39 bits per heavy atom. The lowest BCUT2D eigenvalue weighted by Gasteiger charge is -2.20. The highest BCUT2D eigenvalue weighted by molar-refractivity contribution is 5.88. The predicted octanol–water partition coefficient (Wildman–Crippen LogP) is 2.42. The van der Waals surface area contributed by atoms with Crippen LogP contribution in [-0.4, -0.2) is 16.2 Å². The summed E-state index contributed by atoms with van der Waals surface area (Å²) in [5.41, 5.74) is 6.03. The number of hydrogen-bond acceptors (Lipinski definition) is 3. The summed E-state index contributed by atoms with van der Waals surface area (Å²) >= 11 is 0. The van der Waals surface area contributed by atoms with E-state index in [0.29, 0.717) is 0 Å². The zero-order valence-corrected chi connectivity index (χ0v) is 9.90. The smallest absolute Gasteiger partial charge is 0.335 e. The average Bonchev–Trinajstić information content (AvgIpc) is 2.85. The SMILES string of the molecule is N[C@@H](c1cc(C(=O)O)cc(F)c1O)C1CCCC1. The van der Waals surface area contributed by atoms with E-state index < -0.39 is 23.6 Å². The Morgan fingerprint density at radius 2 is 2.00 bits per heavy atom. The molecule has 0 unspecified atom stereocenters. The number of halogens is 1. The van der Waals surface area contributed by atoms with Crippen LogP contribution in [0.5, 0.6) is 5.75 Å². The fourth-order valence-corrected chi connectivity index (χ4v) is 2.57. The van der Waals surface area contributed by atoms with Gasteiger partial charge in [0.1, 0.15) is 0 Å². The molecule has 0 bridgehead atoms. The minimum atomic E-state index is -1.23. The van der Waals surface area contributed by atoms with Gasteiger partial charge in [0.25, 0.3) is 0 Å². The molecule has 0 heterocycles. The van der Waals surface area contributed by atoms with E-state index >= 15 is 0 Å². The molecule has 4 nitrogen and oxygen atoms in total. The molecule has 1 aliphatic carbocycles. The van der Waals surface area contributed by atoms with Crippen molar-refractivity contribution < 1.29 is 19.4 Å². The first-order chi connectivity index (χ1) is 8.50. The van der Waals surface area contributed by atoms with Crippen LogP contribution in [0.2, 0.25) is 0 Å². The molecule has 0 aliphatic heterocycles. The number of nitrogens with two attached hydrogens (primary N) is 1. The minimum absolute atomic E-state index is 0.180. The van der Waals surface area contributed by atoms with Gasteiger partial charge in [-0.25, -0.2) is 9.18 Å². The van der Waals surface area contributed by atoms with Gasteiger partial charge in [-0.1, -0.05) is 12.8 Å². The van der Waals surface area contributed by atoms with Gasteiger partial charge < -0.3 is 15.9 Å². The Labute approximate surface area is 104 Å². The number of phenolic OH excluding ortho intramolecular Hbond substituents is 1. The molecule has 4 N–H and O–H groups in total. The van der Waals surface area contributed by atoms with E-state index in [4.69, 9.17) is 10.8 Å². The first kappa shape index (κ1) is 12.8. The molecule has 98 valence electrons. The molecule has 0 saturated heterocycles. The number of phenols is 1. The van der Waals surface area contributed by atoms with Crippen molar-refractivity contribution in [3.05, 3.63) is 29.1 Å². The minimum Gasteiger partial charge on any atom is -0.505 e. The summed E-state index contributed by atoms with van der Waals surface area (Å²) in [6.45, 7) is 0. The predicted molar refractivity (Wildman–Crippen MR) is 63.9 cm³/mol. The fourth-order valence-electron chi connectivity index (χ4n) is 2.57. The number of benzene rings is 1. The molecule has 1 saturated carbocycles. The third kappa shape index (κ3) is 2.31. The topological polar surface area (TPSA) is 83.6 Å². The second-order valence-electron chi connectivity index (χ2n) is 4.77. The van der Waals surface area contributed by atoms with Gasteiger partial charge in [-0.15, -0.1) is 0 Å². The summed E-state index contributed by atoms with van der Waals surface area (Å²) in [6.07, 6.45) is 4.00. The molecule has 1 atom stereocenters. The Bertz CT molecular complexity index is 470. The average molecular weight is 253 g/mol. The second-order valence-corrected chi connectivity index (χ2v) is 4.77. The summed E-state index contributed by atoms with van der Waals surface area (Å²) < 4.78 is 13.5. The van der Waals surface area contributed by atoms with E-state index in [-0.39, 0.29) is 17.0 Å². The van der Waals surface area contributed by atoms with Gasteiger partial charge in [-0.2, -0.15) is 0 Å². The van der Waals surface area contributed by atoms with Crippen molar-refractivity contribution in [3.63, 3.8) is 0 Å². The van der Waals surface area contributed by atoms with Crippen LogP contribution in [0.4, 0.5) is 4.39 Å². The van der Waals surface area contributed by atoms with Gasteiger partial charge >= 0.3 is 5.97 Å². The fraction of sp³-hybridized carbons (Fsp3) is 0.462. The van der Waals surface area contributed by atoms with Crippen molar-refractivity contribution in [2.75, 3.05) is 0 Å². The second kappa shape index (κ2) is 4.94. The number of carboxylic acids is 1. The summed E-state index contributed by atoms with van der Waals surface area (Å²) in [5.74, 6) is -2.51. The molecular weight excluding hydrogens is 237 g/mol. The lowest BCUT2D eigenvalue weighted by atomic mass is 9.91. The van der Waals surface area contributed by atoms with Crippen LogP contribution in [-0.2, 0) is 0 Å². The van der Waals surface area contributed by atoms with Gasteiger partial charge in [0.15, 0.2) is 11.6 Å². The van der Waals surface area contributed by atoms with Crippen LogP contribution in [0, 0.1) is 11.7 Å². The monoisotopic (exact) mass is 253 g/mol. The van der Waals surface area contributed by atoms with E-state index in [2.05, 4.69) is 0 Å². The number of aromatic hydroxyl groups is 1. The lowest BCUT2D eigenvalue weighted by Crippen LogP contribution is -2.20. The van der Waals surface area contributed by atoms with Gasteiger partial charge in [-0.3, -0.25) is 0 Å². The lowest BCUT2D eigenvalue weighted by molar-refractivity contribution is 0.0696. The van der Waals surface area contributed by atoms with Crippen molar-refractivity contribution >= 4 is 5.97 Å². The quantitative estimate of drug-likeness (QED) is 0.772. The van der Waals surface area contributed by atoms with Crippen LogP contribution >= 0.6 is 0 Å². The summed E-state index contributed by atoms with van der Waals surface area (Å²) in [7, 11) is 0. The molecule has 0 amide bonds. The number of carbonyl (C=O) groups is 1. The van der Waals surface area contributed by atoms with Gasteiger partial charge in [0, 0.05) is 11.6 Å². The maximum Gasteiger partial charge on any atom is 0.335 e.